The van der Waals surface area contributed by atoms with Crippen LogP contribution < -0.4 is 10.1 Å². The highest BCUT2D eigenvalue weighted by atomic mass is 32.2. The molecule has 0 bridgehead atoms. The first kappa shape index (κ1) is 29.1. The van der Waals surface area contributed by atoms with Crippen LogP contribution in [0.1, 0.15) is 43.2 Å². The molecule has 10 nitrogen and oxygen atoms in total. The zero-order valence-corrected chi connectivity index (χ0v) is 24.4. The first-order valence-electron chi connectivity index (χ1n) is 13.9. The maximum absolute atomic E-state index is 13.3. The molecule has 0 radical (unpaired) electrons. The lowest BCUT2D eigenvalue weighted by atomic mass is 9.95. The summed E-state index contributed by atoms with van der Waals surface area (Å²) in [6.45, 7) is 1.89. The molecule has 5 rings (SSSR count). The first-order valence-corrected chi connectivity index (χ1v) is 15.4. The minimum atomic E-state index is -3.86. The third kappa shape index (κ3) is 6.25. The Kier molecular flexibility index (Phi) is 8.49. The van der Waals surface area contributed by atoms with E-state index in [1.165, 1.54) is 19.4 Å². The first-order chi connectivity index (χ1) is 20.1. The van der Waals surface area contributed by atoms with Gasteiger partial charge in [0.2, 0.25) is 5.91 Å². The van der Waals surface area contributed by atoms with Gasteiger partial charge >= 0.3 is 6.09 Å². The second-order valence-electron chi connectivity index (χ2n) is 10.7. The van der Waals surface area contributed by atoms with Gasteiger partial charge in [-0.15, -0.1) is 0 Å². The van der Waals surface area contributed by atoms with E-state index >= 15 is 0 Å². The maximum Gasteiger partial charge on any atom is 0.407 e. The van der Waals surface area contributed by atoms with Crippen LogP contribution in [0.5, 0.6) is 11.5 Å². The molecule has 2 aromatic heterocycles. The number of nitrogens with one attached hydrogen (secondary N) is 1. The van der Waals surface area contributed by atoms with Crippen molar-refractivity contribution in [1.29, 1.82) is 0 Å². The number of hydrogen-bond donors (Lipinski definition) is 2. The van der Waals surface area contributed by atoms with Gasteiger partial charge in [-0.05, 0) is 61.7 Å². The van der Waals surface area contributed by atoms with Gasteiger partial charge in [-0.3, -0.25) is 9.69 Å². The molecule has 1 saturated carbocycles. The van der Waals surface area contributed by atoms with Crippen LogP contribution in [0.3, 0.4) is 0 Å². The Bertz CT molecular complexity index is 1680. The van der Waals surface area contributed by atoms with E-state index in [1.54, 1.807) is 60.7 Å². The zero-order chi connectivity index (χ0) is 29.9. The number of carboxylic acid groups (broad SMARTS) is 1. The summed E-state index contributed by atoms with van der Waals surface area (Å²) < 4.78 is 33.8. The van der Waals surface area contributed by atoms with Crippen LogP contribution in [0.4, 0.5) is 4.79 Å². The van der Waals surface area contributed by atoms with Crippen molar-refractivity contribution in [2.75, 3.05) is 7.05 Å². The van der Waals surface area contributed by atoms with E-state index in [0.29, 0.717) is 16.9 Å². The van der Waals surface area contributed by atoms with Crippen LogP contribution >= 0.6 is 0 Å². The summed E-state index contributed by atoms with van der Waals surface area (Å²) in [5.74, 6) is 0.632. The van der Waals surface area contributed by atoms with Gasteiger partial charge in [-0.25, -0.2) is 22.2 Å². The number of aryl methyl sites for hydroxylation is 1. The molecule has 1 atom stereocenters. The van der Waals surface area contributed by atoms with E-state index in [-0.39, 0.29) is 28.9 Å². The minimum Gasteiger partial charge on any atom is -0.465 e. The molecule has 4 aromatic rings. The largest absolute Gasteiger partial charge is 0.465 e. The molecule has 42 heavy (non-hydrogen) atoms. The van der Waals surface area contributed by atoms with Gasteiger partial charge in [0.15, 0.2) is 5.65 Å². The Balaban J connectivity index is 1.33. The third-order valence-corrected chi connectivity index (χ3v) is 9.38. The SMILES string of the molecule is Cc1ccc(S(=O)(=O)n2ccc3c(Oc4ccc(CC(C(=O)NC5CCCCC5)N(C)C(=O)O)cc4)ccnc32)cc1. The number of pyridine rings is 1. The van der Waals surface area contributed by atoms with Crippen molar-refractivity contribution in [3.05, 3.63) is 84.2 Å². The van der Waals surface area contributed by atoms with Crippen molar-refractivity contribution in [1.82, 2.24) is 19.2 Å². The molecule has 2 aromatic carbocycles. The Hall–Kier alpha value is -4.38. The van der Waals surface area contributed by atoms with Gasteiger partial charge in [0.05, 0.1) is 10.3 Å². The van der Waals surface area contributed by atoms with E-state index in [2.05, 4.69) is 10.3 Å². The topological polar surface area (TPSA) is 131 Å². The molecule has 0 spiro atoms. The summed E-state index contributed by atoms with van der Waals surface area (Å²) in [5.41, 5.74) is 1.97. The van der Waals surface area contributed by atoms with Crippen LogP contribution in [0, 0.1) is 6.92 Å². The third-order valence-electron chi connectivity index (χ3n) is 7.70. The van der Waals surface area contributed by atoms with Gasteiger partial charge in [-0.2, -0.15) is 0 Å². The molecule has 1 unspecified atom stereocenters. The number of fused-ring (bicyclic) bond motifs is 1. The average Bonchev–Trinajstić information content (AvgIpc) is 3.43. The van der Waals surface area contributed by atoms with Gasteiger partial charge in [0, 0.05) is 31.9 Å². The summed E-state index contributed by atoms with van der Waals surface area (Å²) >= 11 is 0. The Labute approximate surface area is 245 Å². The Morgan fingerprint density at radius 1 is 1.05 bits per heavy atom. The number of hydrogen-bond acceptors (Lipinski definition) is 6. The number of benzene rings is 2. The van der Waals surface area contributed by atoms with Crippen molar-refractivity contribution in [3.8, 4) is 11.5 Å². The molecule has 1 aliphatic carbocycles. The van der Waals surface area contributed by atoms with E-state index in [1.807, 2.05) is 6.92 Å². The fraction of sp³-hybridized carbons (Fsp3) is 0.323. The van der Waals surface area contributed by atoms with Crippen molar-refractivity contribution in [2.45, 2.75) is 62.4 Å². The van der Waals surface area contributed by atoms with Crippen LogP contribution in [-0.2, 0) is 21.2 Å². The molecule has 1 fully saturated rings. The molecule has 1 aliphatic rings. The average molecular weight is 591 g/mol. The lowest BCUT2D eigenvalue weighted by Gasteiger charge is -2.29. The molecule has 2 amide bonds. The number of ether oxygens (including phenoxy) is 1. The summed E-state index contributed by atoms with van der Waals surface area (Å²) in [6.07, 6.45) is 7.08. The maximum atomic E-state index is 13.3. The number of aromatic nitrogens is 2. The zero-order valence-electron chi connectivity index (χ0n) is 23.6. The van der Waals surface area contributed by atoms with Gasteiger partial charge in [-0.1, -0.05) is 49.1 Å². The van der Waals surface area contributed by atoms with Crippen LogP contribution in [0.2, 0.25) is 0 Å². The van der Waals surface area contributed by atoms with E-state index in [9.17, 15) is 23.1 Å². The molecule has 2 heterocycles. The van der Waals surface area contributed by atoms with Crippen molar-refractivity contribution in [2.24, 2.45) is 0 Å². The van der Waals surface area contributed by atoms with Crippen LogP contribution in [-0.4, -0.2) is 58.5 Å². The molecule has 2 N–H and O–H groups in total. The lowest BCUT2D eigenvalue weighted by molar-refractivity contribution is -0.126. The highest BCUT2D eigenvalue weighted by Gasteiger charge is 2.29. The number of carbonyl (C=O) groups is 2. The predicted octanol–water partition coefficient (Wildman–Crippen LogP) is 5.34. The molecule has 11 heteroatoms. The molecule has 220 valence electrons. The fourth-order valence-corrected chi connectivity index (χ4v) is 6.53. The van der Waals surface area contributed by atoms with Crippen molar-refractivity contribution < 1.29 is 27.9 Å². The quantitative estimate of drug-likeness (QED) is 0.269. The number of carbonyl (C=O) groups excluding carboxylic acids is 1. The number of amides is 2. The second-order valence-corrected chi connectivity index (χ2v) is 12.5. The monoisotopic (exact) mass is 590 g/mol. The van der Waals surface area contributed by atoms with Crippen LogP contribution in [0.15, 0.2) is 78.0 Å². The Morgan fingerprint density at radius 3 is 2.40 bits per heavy atom. The highest BCUT2D eigenvalue weighted by molar-refractivity contribution is 7.90. The highest BCUT2D eigenvalue weighted by Crippen LogP contribution is 2.31. The summed E-state index contributed by atoms with van der Waals surface area (Å²) in [7, 11) is -2.45. The molecule has 0 saturated heterocycles. The second kappa shape index (κ2) is 12.2. The van der Waals surface area contributed by atoms with E-state index in [4.69, 9.17) is 4.74 Å². The molecular weight excluding hydrogens is 556 g/mol. The fourth-order valence-electron chi connectivity index (χ4n) is 5.22. The summed E-state index contributed by atoms with van der Waals surface area (Å²) in [5, 5.41) is 13.2. The van der Waals surface area contributed by atoms with E-state index < -0.39 is 22.2 Å². The number of likely N-dealkylation sites (N-methyl/N-ethyl adjacent to an activating group) is 1. The Morgan fingerprint density at radius 2 is 1.74 bits per heavy atom. The number of nitrogens with zero attached hydrogens (tertiary/aromatic N) is 3. The van der Waals surface area contributed by atoms with Gasteiger partial charge < -0.3 is 15.2 Å². The lowest BCUT2D eigenvalue weighted by Crippen LogP contribution is -2.51. The van der Waals surface area contributed by atoms with Gasteiger partial charge in [0.25, 0.3) is 10.0 Å². The van der Waals surface area contributed by atoms with Crippen LogP contribution in [0.25, 0.3) is 11.0 Å². The predicted molar refractivity (Wildman–Crippen MR) is 158 cm³/mol. The minimum absolute atomic E-state index is 0.0747. The summed E-state index contributed by atoms with van der Waals surface area (Å²) in [4.78, 5) is 30.3. The summed E-state index contributed by atoms with van der Waals surface area (Å²) in [6, 6.07) is 16.2. The van der Waals surface area contributed by atoms with Crippen molar-refractivity contribution in [3.63, 3.8) is 0 Å². The normalized spacial score (nSPS) is 14.8. The standard InChI is InChI=1S/C31H34N4O6S/c1-21-8-14-25(15-9-21)42(39,40)35-19-17-26-28(16-18-32-29(26)35)41-24-12-10-22(11-13-24)20-27(34(2)31(37)38)30(36)33-23-6-4-3-5-7-23/h8-19,23,27H,3-7,20H2,1-2H3,(H,33,36)(H,37,38). The number of rotatable bonds is 9. The molecule has 0 aliphatic heterocycles. The molecular formula is C31H34N4O6S. The smallest absolute Gasteiger partial charge is 0.407 e. The van der Waals surface area contributed by atoms with Crippen molar-refractivity contribution >= 4 is 33.1 Å². The van der Waals surface area contributed by atoms with Gasteiger partial charge in [0.1, 0.15) is 17.5 Å². The van der Waals surface area contributed by atoms with E-state index in [0.717, 1.165) is 52.1 Å².